The Kier molecular flexibility index (Phi) is 7.66. The first kappa shape index (κ1) is 22.2. The lowest BCUT2D eigenvalue weighted by atomic mass is 10.1. The van der Waals surface area contributed by atoms with Gasteiger partial charge < -0.3 is 5.32 Å². The first-order chi connectivity index (χ1) is 13.8. The van der Waals surface area contributed by atoms with E-state index >= 15 is 0 Å². The van der Waals surface area contributed by atoms with Crippen molar-refractivity contribution in [1.29, 1.82) is 0 Å². The van der Waals surface area contributed by atoms with E-state index in [0.717, 1.165) is 12.7 Å². The number of carbonyl (C=O) groups is 1. The third kappa shape index (κ3) is 6.49. The minimum atomic E-state index is -3.86. The van der Waals surface area contributed by atoms with Crippen molar-refractivity contribution in [3.05, 3.63) is 91.6 Å². The molecule has 1 amide bonds. The molecule has 0 aromatic heterocycles. The lowest BCUT2D eigenvalue weighted by Crippen LogP contribution is -2.45. The van der Waals surface area contributed by atoms with Crippen LogP contribution < -0.4 is 10.0 Å². The summed E-state index contributed by atoms with van der Waals surface area (Å²) in [6.07, 6.45) is 0.237. The highest BCUT2D eigenvalue weighted by Crippen LogP contribution is 2.16. The molecule has 0 aliphatic heterocycles. The molecule has 0 unspecified atom stereocenters. The van der Waals surface area contributed by atoms with Gasteiger partial charge in [0.2, 0.25) is 15.9 Å². The third-order valence-electron chi connectivity index (χ3n) is 4.13. The predicted octanol–water partition coefficient (Wildman–Crippen LogP) is 4.42. The zero-order valence-corrected chi connectivity index (χ0v) is 20.3. The van der Waals surface area contributed by atoms with Crippen molar-refractivity contribution in [2.24, 2.45) is 0 Å². The van der Waals surface area contributed by atoms with Crippen LogP contribution in [0.4, 0.5) is 5.69 Å². The van der Waals surface area contributed by atoms with Gasteiger partial charge in [-0.05, 0) is 106 Å². The number of rotatable bonds is 7. The topological polar surface area (TPSA) is 75.3 Å². The molecule has 0 spiro atoms. The summed E-state index contributed by atoms with van der Waals surface area (Å²) >= 11 is 4.29. The quantitative estimate of drug-likeness (QED) is 0.379. The molecule has 8 heteroatoms. The van der Waals surface area contributed by atoms with Crippen LogP contribution in [0.3, 0.4) is 0 Å². The van der Waals surface area contributed by atoms with Gasteiger partial charge in [-0.3, -0.25) is 4.79 Å². The number of benzene rings is 3. The first-order valence-electron chi connectivity index (χ1n) is 8.72. The highest BCUT2D eigenvalue weighted by molar-refractivity contribution is 14.1. The van der Waals surface area contributed by atoms with Gasteiger partial charge in [-0.15, -0.1) is 0 Å². The maximum atomic E-state index is 12.9. The summed E-state index contributed by atoms with van der Waals surface area (Å²) in [6.45, 7) is 0. The fourth-order valence-corrected chi connectivity index (χ4v) is 4.58. The minimum Gasteiger partial charge on any atom is -0.325 e. The number of halogens is 2. The second kappa shape index (κ2) is 10.0. The second-order valence-electron chi connectivity index (χ2n) is 6.31. The molecule has 0 aliphatic carbocycles. The van der Waals surface area contributed by atoms with E-state index in [9.17, 15) is 13.2 Å². The fourth-order valence-electron chi connectivity index (χ4n) is 2.67. The van der Waals surface area contributed by atoms with E-state index in [2.05, 4.69) is 55.2 Å². The molecule has 1 atom stereocenters. The lowest BCUT2D eigenvalue weighted by Gasteiger charge is -2.19. The van der Waals surface area contributed by atoms with Crippen molar-refractivity contribution in [3.63, 3.8) is 0 Å². The molecule has 0 heterocycles. The molecule has 0 bridgehead atoms. The molecular formula is C21H18I2N2O3S. The van der Waals surface area contributed by atoms with Crippen molar-refractivity contribution < 1.29 is 13.2 Å². The molecule has 3 rings (SSSR count). The Morgan fingerprint density at radius 3 is 1.97 bits per heavy atom. The number of hydrogen-bond acceptors (Lipinski definition) is 3. The Hall–Kier alpha value is -1.50. The van der Waals surface area contributed by atoms with Gasteiger partial charge in [-0.2, -0.15) is 4.72 Å². The van der Waals surface area contributed by atoms with Crippen LogP contribution in [0.15, 0.2) is 83.8 Å². The Morgan fingerprint density at radius 2 is 1.38 bits per heavy atom. The zero-order valence-electron chi connectivity index (χ0n) is 15.2. The predicted molar refractivity (Wildman–Crippen MR) is 131 cm³/mol. The molecule has 0 saturated carbocycles. The summed E-state index contributed by atoms with van der Waals surface area (Å²) in [7, 11) is -3.86. The monoisotopic (exact) mass is 632 g/mol. The van der Waals surface area contributed by atoms with Crippen LogP contribution >= 0.6 is 45.2 Å². The average molecular weight is 632 g/mol. The molecule has 0 aliphatic rings. The summed E-state index contributed by atoms with van der Waals surface area (Å²) in [5.74, 6) is -0.413. The fraction of sp³-hybridized carbons (Fsp3) is 0.0952. The summed E-state index contributed by atoms with van der Waals surface area (Å²) < 4.78 is 30.2. The Morgan fingerprint density at radius 1 is 0.828 bits per heavy atom. The first-order valence-corrected chi connectivity index (χ1v) is 12.4. The number of amides is 1. The SMILES string of the molecule is O=C(Nc1ccc(I)cc1)[C@@H](Cc1ccccc1)NS(=O)(=O)c1ccc(I)cc1. The standard InChI is InChI=1S/C21H18I2N2O3S/c22-16-6-10-18(11-7-16)24-21(26)20(14-15-4-2-1-3-5-15)25-29(27,28)19-12-8-17(23)9-13-19/h1-13,20,25H,14H2,(H,24,26)/t20-/m1/s1. The highest BCUT2D eigenvalue weighted by atomic mass is 127. The average Bonchev–Trinajstić information content (AvgIpc) is 2.70. The van der Waals surface area contributed by atoms with E-state index < -0.39 is 22.0 Å². The zero-order chi connectivity index (χ0) is 20.9. The van der Waals surface area contributed by atoms with Crippen LogP contribution in [0, 0.1) is 7.14 Å². The lowest BCUT2D eigenvalue weighted by molar-refractivity contribution is -0.117. The summed E-state index contributed by atoms with van der Waals surface area (Å²) in [6, 6.07) is 22.2. The van der Waals surface area contributed by atoms with Crippen molar-refractivity contribution >= 4 is 66.8 Å². The Labute approximate surface area is 197 Å². The second-order valence-corrected chi connectivity index (χ2v) is 10.5. The number of carbonyl (C=O) groups excluding carboxylic acids is 1. The van der Waals surface area contributed by atoms with Gasteiger partial charge in [-0.1, -0.05) is 30.3 Å². The summed E-state index contributed by atoms with van der Waals surface area (Å²) in [5.41, 5.74) is 1.47. The van der Waals surface area contributed by atoms with Crippen LogP contribution in [0.25, 0.3) is 0 Å². The van der Waals surface area contributed by atoms with E-state index in [1.165, 1.54) is 12.1 Å². The Balaban J connectivity index is 1.84. The highest BCUT2D eigenvalue weighted by Gasteiger charge is 2.26. The van der Waals surface area contributed by atoms with Crippen molar-refractivity contribution in [1.82, 2.24) is 4.72 Å². The van der Waals surface area contributed by atoms with Gasteiger partial charge in [0.1, 0.15) is 6.04 Å². The van der Waals surface area contributed by atoms with Gasteiger partial charge in [-0.25, -0.2) is 8.42 Å². The van der Waals surface area contributed by atoms with Crippen LogP contribution in [0.2, 0.25) is 0 Å². The van der Waals surface area contributed by atoms with Crippen molar-refractivity contribution in [3.8, 4) is 0 Å². The molecule has 2 N–H and O–H groups in total. The minimum absolute atomic E-state index is 0.123. The largest absolute Gasteiger partial charge is 0.325 e. The van der Waals surface area contributed by atoms with Crippen molar-refractivity contribution in [2.45, 2.75) is 17.4 Å². The Bertz CT molecular complexity index is 1070. The molecule has 3 aromatic rings. The maximum Gasteiger partial charge on any atom is 0.242 e. The van der Waals surface area contributed by atoms with Crippen LogP contribution in [0.1, 0.15) is 5.56 Å². The molecule has 5 nitrogen and oxygen atoms in total. The molecule has 0 radical (unpaired) electrons. The maximum absolute atomic E-state index is 12.9. The number of sulfonamides is 1. The smallest absolute Gasteiger partial charge is 0.242 e. The molecule has 0 saturated heterocycles. The van der Waals surface area contributed by atoms with E-state index in [4.69, 9.17) is 0 Å². The third-order valence-corrected chi connectivity index (χ3v) is 7.06. The molecular weight excluding hydrogens is 614 g/mol. The van der Waals surface area contributed by atoms with Crippen molar-refractivity contribution in [2.75, 3.05) is 5.32 Å². The van der Waals surface area contributed by atoms with E-state index in [1.54, 1.807) is 24.3 Å². The van der Waals surface area contributed by atoms with Crippen LogP contribution in [0.5, 0.6) is 0 Å². The number of nitrogens with one attached hydrogen (secondary N) is 2. The normalized spacial score (nSPS) is 12.3. The summed E-state index contributed by atoms with van der Waals surface area (Å²) in [5, 5.41) is 2.80. The molecule has 150 valence electrons. The molecule has 3 aromatic carbocycles. The number of hydrogen-bond donors (Lipinski definition) is 2. The van der Waals surface area contributed by atoms with Gasteiger partial charge in [0, 0.05) is 12.8 Å². The molecule has 29 heavy (non-hydrogen) atoms. The molecule has 0 fully saturated rings. The van der Waals surface area contributed by atoms with Crippen LogP contribution in [-0.2, 0) is 21.2 Å². The van der Waals surface area contributed by atoms with Gasteiger partial charge in [0.25, 0.3) is 0 Å². The van der Waals surface area contributed by atoms with Gasteiger partial charge in [0.05, 0.1) is 4.90 Å². The van der Waals surface area contributed by atoms with E-state index in [-0.39, 0.29) is 11.3 Å². The van der Waals surface area contributed by atoms with Crippen LogP contribution in [-0.4, -0.2) is 20.4 Å². The van der Waals surface area contributed by atoms with E-state index in [0.29, 0.717) is 5.69 Å². The van der Waals surface area contributed by atoms with Gasteiger partial charge in [0.15, 0.2) is 0 Å². The van der Waals surface area contributed by atoms with E-state index in [1.807, 2.05) is 42.5 Å². The number of anilines is 1. The summed E-state index contributed by atoms with van der Waals surface area (Å²) in [4.78, 5) is 13.0. The van der Waals surface area contributed by atoms with Gasteiger partial charge >= 0.3 is 0 Å².